The fourth-order valence-corrected chi connectivity index (χ4v) is 3.29. The number of rotatable bonds is 4. The Balaban J connectivity index is 1.69. The summed E-state index contributed by atoms with van der Waals surface area (Å²) in [6, 6.07) is 15.9. The van der Waals surface area contributed by atoms with Crippen LogP contribution in [0.1, 0.15) is 34.7 Å². The van der Waals surface area contributed by atoms with Gasteiger partial charge in [0.05, 0.1) is 19.8 Å². The van der Waals surface area contributed by atoms with E-state index in [1.54, 1.807) is 32.4 Å². The van der Waals surface area contributed by atoms with Gasteiger partial charge >= 0.3 is 0 Å². The van der Waals surface area contributed by atoms with Crippen molar-refractivity contribution >= 4 is 5.91 Å². The molecule has 0 aromatic heterocycles. The van der Waals surface area contributed by atoms with Gasteiger partial charge in [-0.3, -0.25) is 4.79 Å². The van der Waals surface area contributed by atoms with Crippen LogP contribution in [-0.4, -0.2) is 38.1 Å². The van der Waals surface area contributed by atoms with Gasteiger partial charge in [0.25, 0.3) is 5.91 Å². The number of likely N-dealkylation sites (tertiary alicyclic amines) is 1. The third-order valence-electron chi connectivity index (χ3n) is 4.69. The number of carbonyl (C=O) groups excluding carboxylic acids is 1. The van der Waals surface area contributed by atoms with E-state index in [2.05, 4.69) is 24.3 Å². The maximum absolute atomic E-state index is 12.8. The Hall–Kier alpha value is -2.49. The zero-order chi connectivity index (χ0) is 16.9. The normalized spacial score (nSPS) is 15.2. The second kappa shape index (κ2) is 7.39. The molecule has 1 aliphatic heterocycles. The molecule has 2 aromatic rings. The monoisotopic (exact) mass is 325 g/mol. The van der Waals surface area contributed by atoms with Crippen molar-refractivity contribution in [3.63, 3.8) is 0 Å². The van der Waals surface area contributed by atoms with Crippen LogP contribution in [0.15, 0.2) is 48.5 Å². The van der Waals surface area contributed by atoms with Gasteiger partial charge in [-0.25, -0.2) is 0 Å². The lowest BCUT2D eigenvalue weighted by Gasteiger charge is -2.32. The Morgan fingerprint density at radius 1 is 1.00 bits per heavy atom. The van der Waals surface area contributed by atoms with Gasteiger partial charge in [0.15, 0.2) is 0 Å². The molecule has 1 amide bonds. The molecule has 0 atom stereocenters. The molecule has 0 N–H and O–H groups in total. The molecule has 0 bridgehead atoms. The van der Waals surface area contributed by atoms with Crippen LogP contribution in [0.4, 0.5) is 0 Å². The zero-order valence-corrected chi connectivity index (χ0v) is 14.2. The molecular weight excluding hydrogens is 302 g/mol. The maximum atomic E-state index is 12.8. The molecular formula is C20H23NO3. The lowest BCUT2D eigenvalue weighted by molar-refractivity contribution is 0.0709. The summed E-state index contributed by atoms with van der Waals surface area (Å²) in [5.74, 6) is 1.81. The highest BCUT2D eigenvalue weighted by Gasteiger charge is 2.26. The van der Waals surface area contributed by atoms with Crippen LogP contribution < -0.4 is 9.47 Å². The second-order valence-corrected chi connectivity index (χ2v) is 6.04. The maximum Gasteiger partial charge on any atom is 0.257 e. The molecule has 2 aromatic carbocycles. The van der Waals surface area contributed by atoms with E-state index in [1.807, 2.05) is 11.0 Å². The first-order valence-electron chi connectivity index (χ1n) is 8.29. The van der Waals surface area contributed by atoms with Crippen LogP contribution in [0.25, 0.3) is 0 Å². The Morgan fingerprint density at radius 3 is 2.33 bits per heavy atom. The number of methoxy groups -OCH3 is 2. The molecule has 1 heterocycles. The fraction of sp³-hybridized carbons (Fsp3) is 0.350. The minimum absolute atomic E-state index is 0.0287. The van der Waals surface area contributed by atoms with Gasteiger partial charge in [0.1, 0.15) is 11.5 Å². The van der Waals surface area contributed by atoms with E-state index in [4.69, 9.17) is 9.47 Å². The summed E-state index contributed by atoms with van der Waals surface area (Å²) in [6.07, 6.45) is 1.99. The largest absolute Gasteiger partial charge is 0.497 e. The van der Waals surface area contributed by atoms with Gasteiger partial charge in [-0.05, 0) is 36.5 Å². The number of ether oxygens (including phenoxy) is 2. The Bertz CT molecular complexity index is 691. The summed E-state index contributed by atoms with van der Waals surface area (Å²) in [7, 11) is 3.18. The van der Waals surface area contributed by atoms with Crippen molar-refractivity contribution in [2.45, 2.75) is 18.8 Å². The van der Waals surface area contributed by atoms with Crippen LogP contribution >= 0.6 is 0 Å². The summed E-state index contributed by atoms with van der Waals surface area (Å²) in [4.78, 5) is 14.7. The summed E-state index contributed by atoms with van der Waals surface area (Å²) >= 11 is 0. The lowest BCUT2D eigenvalue weighted by Crippen LogP contribution is -2.38. The Kier molecular flexibility index (Phi) is 5.04. The van der Waals surface area contributed by atoms with E-state index < -0.39 is 0 Å². The van der Waals surface area contributed by atoms with Gasteiger partial charge in [0, 0.05) is 19.2 Å². The Morgan fingerprint density at radius 2 is 1.71 bits per heavy atom. The van der Waals surface area contributed by atoms with Gasteiger partial charge in [-0.15, -0.1) is 0 Å². The van der Waals surface area contributed by atoms with Crippen molar-refractivity contribution in [2.24, 2.45) is 0 Å². The molecule has 1 saturated heterocycles. The van der Waals surface area contributed by atoms with Crippen LogP contribution in [0.5, 0.6) is 11.5 Å². The van der Waals surface area contributed by atoms with Gasteiger partial charge in [-0.2, -0.15) is 0 Å². The molecule has 4 nitrogen and oxygen atoms in total. The molecule has 0 radical (unpaired) electrons. The van der Waals surface area contributed by atoms with Crippen molar-refractivity contribution < 1.29 is 14.3 Å². The number of benzene rings is 2. The third kappa shape index (κ3) is 3.37. The molecule has 1 aliphatic rings. The van der Waals surface area contributed by atoms with Crippen LogP contribution in [0, 0.1) is 0 Å². The SMILES string of the molecule is COc1ccc(C(=O)N2CCC(c3ccccc3)CC2)c(OC)c1. The quantitative estimate of drug-likeness (QED) is 0.860. The molecule has 24 heavy (non-hydrogen) atoms. The van der Waals surface area contributed by atoms with E-state index in [-0.39, 0.29) is 5.91 Å². The highest BCUT2D eigenvalue weighted by Crippen LogP contribution is 2.30. The van der Waals surface area contributed by atoms with Crippen LogP contribution in [0.3, 0.4) is 0 Å². The van der Waals surface area contributed by atoms with Gasteiger partial charge in [-0.1, -0.05) is 30.3 Å². The predicted molar refractivity (Wildman–Crippen MR) is 93.9 cm³/mol. The van der Waals surface area contributed by atoms with E-state index >= 15 is 0 Å². The van der Waals surface area contributed by atoms with Crippen LogP contribution in [-0.2, 0) is 0 Å². The highest BCUT2D eigenvalue weighted by molar-refractivity contribution is 5.97. The van der Waals surface area contributed by atoms with Gasteiger partial charge < -0.3 is 14.4 Å². The smallest absolute Gasteiger partial charge is 0.257 e. The summed E-state index contributed by atoms with van der Waals surface area (Å²) in [5, 5.41) is 0. The molecule has 126 valence electrons. The first-order valence-corrected chi connectivity index (χ1v) is 8.29. The number of hydrogen-bond donors (Lipinski definition) is 0. The van der Waals surface area contributed by atoms with E-state index in [9.17, 15) is 4.79 Å². The molecule has 1 fully saturated rings. The molecule has 0 aliphatic carbocycles. The lowest BCUT2D eigenvalue weighted by atomic mass is 9.89. The summed E-state index contributed by atoms with van der Waals surface area (Å²) in [6.45, 7) is 1.54. The average molecular weight is 325 g/mol. The van der Waals surface area contributed by atoms with E-state index in [0.717, 1.165) is 25.9 Å². The van der Waals surface area contributed by atoms with Gasteiger partial charge in [0.2, 0.25) is 0 Å². The second-order valence-electron chi connectivity index (χ2n) is 6.04. The molecule has 0 saturated carbocycles. The summed E-state index contributed by atoms with van der Waals surface area (Å²) < 4.78 is 10.6. The highest BCUT2D eigenvalue weighted by atomic mass is 16.5. The average Bonchev–Trinajstić information content (AvgIpc) is 2.67. The zero-order valence-electron chi connectivity index (χ0n) is 14.2. The standard InChI is InChI=1S/C20H23NO3/c1-23-17-8-9-18(19(14-17)24-2)20(22)21-12-10-16(11-13-21)15-6-4-3-5-7-15/h3-9,14,16H,10-13H2,1-2H3. The molecule has 0 spiro atoms. The minimum atomic E-state index is 0.0287. The topological polar surface area (TPSA) is 38.8 Å². The van der Waals surface area contributed by atoms with Crippen molar-refractivity contribution in [2.75, 3.05) is 27.3 Å². The van der Waals surface area contributed by atoms with Crippen molar-refractivity contribution in [1.82, 2.24) is 4.90 Å². The number of hydrogen-bond acceptors (Lipinski definition) is 3. The fourth-order valence-electron chi connectivity index (χ4n) is 3.29. The first kappa shape index (κ1) is 16.4. The van der Waals surface area contributed by atoms with Crippen molar-refractivity contribution in [3.05, 3.63) is 59.7 Å². The number of carbonyl (C=O) groups is 1. The van der Waals surface area contributed by atoms with E-state index in [0.29, 0.717) is 23.0 Å². The number of amides is 1. The summed E-state index contributed by atoms with van der Waals surface area (Å²) in [5.41, 5.74) is 1.96. The van der Waals surface area contributed by atoms with E-state index in [1.165, 1.54) is 5.56 Å². The Labute approximate surface area is 143 Å². The number of piperidine rings is 1. The minimum Gasteiger partial charge on any atom is -0.497 e. The number of nitrogens with zero attached hydrogens (tertiary/aromatic N) is 1. The van der Waals surface area contributed by atoms with Crippen molar-refractivity contribution in [1.29, 1.82) is 0 Å². The van der Waals surface area contributed by atoms with Crippen molar-refractivity contribution in [3.8, 4) is 11.5 Å². The third-order valence-corrected chi connectivity index (χ3v) is 4.69. The molecule has 4 heteroatoms. The first-order chi connectivity index (χ1) is 11.7. The predicted octanol–water partition coefficient (Wildman–Crippen LogP) is 3.72. The van der Waals surface area contributed by atoms with Crippen LogP contribution in [0.2, 0.25) is 0 Å². The molecule has 3 rings (SSSR count). The molecule has 0 unspecified atom stereocenters.